The summed E-state index contributed by atoms with van der Waals surface area (Å²) < 4.78 is 28.2. The number of rotatable bonds is 4. The molecule has 0 saturated heterocycles. The fourth-order valence-electron chi connectivity index (χ4n) is 1.94. The van der Waals surface area contributed by atoms with Crippen molar-refractivity contribution in [3.05, 3.63) is 58.1 Å². The van der Waals surface area contributed by atoms with Crippen molar-refractivity contribution in [2.24, 2.45) is 0 Å². The fourth-order valence-corrected chi connectivity index (χ4v) is 3.78. The van der Waals surface area contributed by atoms with Gasteiger partial charge in [0.1, 0.15) is 0 Å². The van der Waals surface area contributed by atoms with E-state index in [2.05, 4.69) is 26.0 Å². The van der Waals surface area contributed by atoms with Gasteiger partial charge in [0.25, 0.3) is 15.9 Å². The minimum absolute atomic E-state index is 0.187. The molecule has 0 atom stereocenters. The predicted molar refractivity (Wildman–Crippen MR) is 89.5 cm³/mol. The van der Waals surface area contributed by atoms with E-state index >= 15 is 0 Å². The van der Waals surface area contributed by atoms with E-state index in [1.807, 2.05) is 0 Å². The van der Waals surface area contributed by atoms with Crippen molar-refractivity contribution in [3.63, 3.8) is 0 Å². The van der Waals surface area contributed by atoms with Crippen LogP contribution in [0.3, 0.4) is 0 Å². The highest BCUT2D eigenvalue weighted by molar-refractivity contribution is 9.10. The predicted octanol–water partition coefficient (Wildman–Crippen LogP) is 2.92. The number of carbonyl (C=O) groups excluding carboxylic acids is 1. The minimum Gasteiger partial charge on any atom is -0.355 e. The van der Waals surface area contributed by atoms with Crippen LogP contribution in [0.25, 0.3) is 0 Å². The van der Waals surface area contributed by atoms with Crippen molar-refractivity contribution in [1.29, 1.82) is 0 Å². The minimum atomic E-state index is -3.73. The van der Waals surface area contributed by atoms with Crippen LogP contribution < -0.4 is 10.0 Å². The lowest BCUT2D eigenvalue weighted by Crippen LogP contribution is -2.18. The summed E-state index contributed by atoms with van der Waals surface area (Å²) in [5.41, 5.74) is 1.35. The lowest BCUT2D eigenvalue weighted by Gasteiger charge is -2.11. The third-order valence-electron chi connectivity index (χ3n) is 3.04. The monoisotopic (exact) mass is 382 g/mol. The lowest BCUT2D eigenvalue weighted by molar-refractivity contribution is 0.0963. The highest BCUT2D eigenvalue weighted by Gasteiger charge is 2.18. The molecule has 2 aromatic carbocycles. The quantitative estimate of drug-likeness (QED) is 0.853. The van der Waals surface area contributed by atoms with Gasteiger partial charge in [-0.3, -0.25) is 9.52 Å². The number of nitrogens with one attached hydrogen (secondary N) is 2. The van der Waals surface area contributed by atoms with E-state index in [1.54, 1.807) is 43.3 Å². The molecule has 0 aliphatic heterocycles. The zero-order valence-corrected chi connectivity index (χ0v) is 14.5. The van der Waals surface area contributed by atoms with Crippen LogP contribution in [0.15, 0.2) is 51.8 Å². The van der Waals surface area contributed by atoms with Gasteiger partial charge in [0.15, 0.2) is 0 Å². The maximum atomic E-state index is 12.5. The molecule has 116 valence electrons. The van der Waals surface area contributed by atoms with E-state index in [9.17, 15) is 13.2 Å². The zero-order chi connectivity index (χ0) is 16.3. The molecule has 2 N–H and O–H groups in total. The van der Waals surface area contributed by atoms with Crippen molar-refractivity contribution in [2.45, 2.75) is 11.8 Å². The Kier molecular flexibility index (Phi) is 4.87. The maximum absolute atomic E-state index is 12.5. The standard InChI is InChI=1S/C15H15BrN2O3S/c1-10-6-7-12(16)9-14(10)22(20,21)18-13-5-3-4-11(8-13)15(19)17-2/h3-9,18H,1-2H3,(H,17,19). The number of aryl methyl sites for hydroxylation is 1. The van der Waals surface area contributed by atoms with Crippen molar-refractivity contribution < 1.29 is 13.2 Å². The molecule has 0 saturated carbocycles. The first-order valence-corrected chi connectivity index (χ1v) is 8.72. The molecule has 0 radical (unpaired) electrons. The van der Waals surface area contributed by atoms with Crippen LogP contribution in [-0.4, -0.2) is 21.4 Å². The summed E-state index contributed by atoms with van der Waals surface area (Å²) in [5, 5.41) is 2.50. The average molecular weight is 383 g/mol. The van der Waals surface area contributed by atoms with Gasteiger partial charge in [0.2, 0.25) is 0 Å². The van der Waals surface area contributed by atoms with E-state index < -0.39 is 10.0 Å². The molecule has 2 aromatic rings. The SMILES string of the molecule is CNC(=O)c1cccc(NS(=O)(=O)c2cc(Br)ccc2C)c1. The first-order chi connectivity index (χ1) is 10.3. The smallest absolute Gasteiger partial charge is 0.262 e. The van der Waals surface area contributed by atoms with Crippen LogP contribution in [-0.2, 0) is 10.0 Å². The van der Waals surface area contributed by atoms with Gasteiger partial charge in [0, 0.05) is 22.8 Å². The molecular weight excluding hydrogens is 368 g/mol. The van der Waals surface area contributed by atoms with Crippen LogP contribution in [0.1, 0.15) is 15.9 Å². The molecule has 0 unspecified atom stereocenters. The molecule has 5 nitrogen and oxygen atoms in total. The second-order valence-corrected chi connectivity index (χ2v) is 7.24. The number of hydrogen-bond acceptors (Lipinski definition) is 3. The van der Waals surface area contributed by atoms with Crippen LogP contribution in [0.2, 0.25) is 0 Å². The normalized spacial score (nSPS) is 11.0. The number of benzene rings is 2. The second kappa shape index (κ2) is 6.50. The van der Waals surface area contributed by atoms with Crippen molar-refractivity contribution in [2.75, 3.05) is 11.8 Å². The summed E-state index contributed by atoms with van der Waals surface area (Å²) in [4.78, 5) is 11.8. The average Bonchev–Trinajstić information content (AvgIpc) is 2.48. The second-order valence-electron chi connectivity index (χ2n) is 4.68. The third-order valence-corrected chi connectivity index (χ3v) is 5.06. The summed E-state index contributed by atoms with van der Waals surface area (Å²) in [7, 11) is -2.21. The van der Waals surface area contributed by atoms with Crippen LogP contribution in [0.5, 0.6) is 0 Å². The lowest BCUT2D eigenvalue weighted by atomic mass is 10.2. The first-order valence-electron chi connectivity index (χ1n) is 6.44. The zero-order valence-electron chi connectivity index (χ0n) is 12.1. The summed E-state index contributed by atoms with van der Waals surface area (Å²) in [5.74, 6) is -0.278. The number of anilines is 1. The molecule has 0 aromatic heterocycles. The third kappa shape index (κ3) is 3.66. The Morgan fingerprint density at radius 3 is 2.55 bits per heavy atom. The molecule has 22 heavy (non-hydrogen) atoms. The van der Waals surface area contributed by atoms with Crippen molar-refractivity contribution in [1.82, 2.24) is 5.32 Å². The number of hydrogen-bond donors (Lipinski definition) is 2. The highest BCUT2D eigenvalue weighted by atomic mass is 79.9. The van der Waals surface area contributed by atoms with Crippen LogP contribution in [0, 0.1) is 6.92 Å². The topological polar surface area (TPSA) is 75.3 Å². The van der Waals surface area contributed by atoms with Gasteiger partial charge >= 0.3 is 0 Å². The summed E-state index contributed by atoms with van der Waals surface area (Å²) >= 11 is 3.27. The molecule has 0 bridgehead atoms. The molecule has 0 aliphatic carbocycles. The Balaban J connectivity index is 2.37. The van der Waals surface area contributed by atoms with Crippen LogP contribution in [0.4, 0.5) is 5.69 Å². The summed E-state index contributed by atoms with van der Waals surface area (Å²) in [6.45, 7) is 1.72. The number of carbonyl (C=O) groups is 1. The maximum Gasteiger partial charge on any atom is 0.262 e. The van der Waals surface area contributed by atoms with Gasteiger partial charge in [-0.05, 0) is 42.8 Å². The van der Waals surface area contributed by atoms with Gasteiger partial charge < -0.3 is 5.32 Å². The van der Waals surface area contributed by atoms with Gasteiger partial charge in [-0.25, -0.2) is 8.42 Å². The van der Waals surface area contributed by atoms with E-state index in [-0.39, 0.29) is 10.8 Å². The van der Waals surface area contributed by atoms with Crippen molar-refractivity contribution in [3.8, 4) is 0 Å². The first kappa shape index (κ1) is 16.5. The van der Waals surface area contributed by atoms with E-state index in [0.717, 1.165) is 0 Å². The summed E-state index contributed by atoms with van der Waals surface area (Å²) in [6.07, 6.45) is 0. The van der Waals surface area contributed by atoms with E-state index in [1.165, 1.54) is 13.1 Å². The van der Waals surface area contributed by atoms with Crippen molar-refractivity contribution >= 4 is 37.5 Å². The summed E-state index contributed by atoms with van der Waals surface area (Å²) in [6, 6.07) is 11.4. The number of halogens is 1. The number of sulfonamides is 1. The molecule has 1 amide bonds. The molecule has 0 fully saturated rings. The largest absolute Gasteiger partial charge is 0.355 e. The Labute approximate surface area is 137 Å². The van der Waals surface area contributed by atoms with E-state index in [4.69, 9.17) is 0 Å². The van der Waals surface area contributed by atoms with Gasteiger partial charge in [-0.15, -0.1) is 0 Å². The van der Waals surface area contributed by atoms with Crippen LogP contribution >= 0.6 is 15.9 Å². The molecule has 0 spiro atoms. The van der Waals surface area contributed by atoms with Gasteiger partial charge in [0.05, 0.1) is 4.90 Å². The fraction of sp³-hybridized carbons (Fsp3) is 0.133. The molecule has 0 heterocycles. The molecular formula is C15H15BrN2O3S. The Hall–Kier alpha value is -1.86. The molecule has 7 heteroatoms. The Morgan fingerprint density at radius 2 is 1.86 bits per heavy atom. The van der Waals surface area contributed by atoms with Gasteiger partial charge in [-0.1, -0.05) is 28.1 Å². The number of amides is 1. The molecule has 0 aliphatic rings. The highest BCUT2D eigenvalue weighted by Crippen LogP contribution is 2.23. The Bertz CT molecular complexity index is 819. The molecule has 2 rings (SSSR count). The van der Waals surface area contributed by atoms with E-state index in [0.29, 0.717) is 21.3 Å². The Morgan fingerprint density at radius 1 is 1.14 bits per heavy atom. The van der Waals surface area contributed by atoms with Gasteiger partial charge in [-0.2, -0.15) is 0 Å².